The highest BCUT2D eigenvalue weighted by Crippen LogP contribution is 2.11. The van der Waals surface area contributed by atoms with Gasteiger partial charge < -0.3 is 4.57 Å². The summed E-state index contributed by atoms with van der Waals surface area (Å²) in [7, 11) is 0. The summed E-state index contributed by atoms with van der Waals surface area (Å²) >= 11 is 0. The number of aromatic nitrogens is 1. The highest BCUT2D eigenvalue weighted by molar-refractivity contribution is 5.92. The summed E-state index contributed by atoms with van der Waals surface area (Å²) in [5.41, 5.74) is 0.827. The molecular weight excluding hydrogens is 174 g/mol. The zero-order chi connectivity index (χ0) is 10.6. The number of nitrogens with zero attached hydrogens (tertiary/aromatic N) is 1. The number of Topliss-reactive ketones (excluding diaryl/α,β-unsaturated/α-hetero) is 1. The molecule has 0 N–H and O–H groups in total. The van der Waals surface area contributed by atoms with Crippen LogP contribution in [0.25, 0.3) is 0 Å². The van der Waals surface area contributed by atoms with Crippen molar-refractivity contribution in [2.45, 2.75) is 40.2 Å². The molecule has 0 spiro atoms. The minimum Gasteiger partial charge on any atom is -0.345 e. The Morgan fingerprint density at radius 3 is 2.86 bits per heavy atom. The van der Waals surface area contributed by atoms with E-state index in [4.69, 9.17) is 0 Å². The van der Waals surface area contributed by atoms with E-state index >= 15 is 0 Å². The fourth-order valence-electron chi connectivity index (χ4n) is 1.81. The van der Waals surface area contributed by atoms with Gasteiger partial charge in [0.15, 0.2) is 5.78 Å². The first-order valence-electron chi connectivity index (χ1n) is 5.31. The van der Waals surface area contributed by atoms with E-state index in [2.05, 4.69) is 18.4 Å². The zero-order valence-electron chi connectivity index (χ0n) is 9.29. The van der Waals surface area contributed by atoms with E-state index in [1.165, 1.54) is 12.8 Å². The first-order chi connectivity index (χ1) is 6.65. The van der Waals surface area contributed by atoms with E-state index < -0.39 is 0 Å². The minimum absolute atomic E-state index is 0.152. The van der Waals surface area contributed by atoms with Gasteiger partial charge in [-0.15, -0.1) is 0 Å². The Kier molecular flexibility index (Phi) is 3.93. The molecule has 1 unspecified atom stereocenters. The van der Waals surface area contributed by atoms with Crippen molar-refractivity contribution in [2.24, 2.45) is 5.92 Å². The van der Waals surface area contributed by atoms with Crippen molar-refractivity contribution in [1.29, 1.82) is 0 Å². The van der Waals surface area contributed by atoms with Crippen LogP contribution in [0.4, 0.5) is 0 Å². The van der Waals surface area contributed by atoms with E-state index in [9.17, 15) is 4.79 Å². The first kappa shape index (κ1) is 11.0. The third kappa shape index (κ3) is 2.72. The molecule has 1 atom stereocenters. The predicted octanol–water partition coefficient (Wildman–Crippen LogP) is 3.13. The number of hydrogen-bond donors (Lipinski definition) is 0. The predicted molar refractivity (Wildman–Crippen MR) is 58.5 cm³/mol. The van der Waals surface area contributed by atoms with E-state index in [1.807, 2.05) is 18.3 Å². The molecule has 0 aromatic carbocycles. The molecule has 0 saturated heterocycles. The third-order valence-corrected chi connectivity index (χ3v) is 2.48. The van der Waals surface area contributed by atoms with Crippen LogP contribution in [0.15, 0.2) is 18.3 Å². The smallest absolute Gasteiger partial charge is 0.176 e. The second-order valence-corrected chi connectivity index (χ2v) is 4.00. The van der Waals surface area contributed by atoms with Crippen molar-refractivity contribution >= 4 is 5.78 Å². The molecule has 0 aliphatic rings. The van der Waals surface area contributed by atoms with E-state index in [0.29, 0.717) is 5.92 Å². The van der Waals surface area contributed by atoms with Crippen LogP contribution in [0.3, 0.4) is 0 Å². The summed E-state index contributed by atoms with van der Waals surface area (Å²) in [4.78, 5) is 11.2. The summed E-state index contributed by atoms with van der Waals surface area (Å²) in [5.74, 6) is 0.796. The molecule has 0 aliphatic carbocycles. The Balaban J connectivity index is 2.66. The van der Waals surface area contributed by atoms with Crippen molar-refractivity contribution in [2.75, 3.05) is 0 Å². The van der Waals surface area contributed by atoms with Crippen molar-refractivity contribution < 1.29 is 4.79 Å². The van der Waals surface area contributed by atoms with Crippen LogP contribution >= 0.6 is 0 Å². The molecular formula is C12H19NO. The number of carbonyl (C=O) groups is 1. The molecule has 1 rings (SSSR count). The molecule has 14 heavy (non-hydrogen) atoms. The summed E-state index contributed by atoms with van der Waals surface area (Å²) in [6, 6.07) is 3.83. The third-order valence-electron chi connectivity index (χ3n) is 2.48. The van der Waals surface area contributed by atoms with Gasteiger partial charge in [-0.3, -0.25) is 4.79 Å². The standard InChI is InChI=1S/C12H19NO/c1-4-6-10(2)9-13-8-5-7-12(13)11(3)14/h5,7-8,10H,4,6,9H2,1-3H3. The van der Waals surface area contributed by atoms with Crippen molar-refractivity contribution in [3.05, 3.63) is 24.0 Å². The van der Waals surface area contributed by atoms with Crippen LogP contribution < -0.4 is 0 Å². The first-order valence-corrected chi connectivity index (χ1v) is 5.31. The average Bonchev–Trinajstić information content (AvgIpc) is 2.52. The van der Waals surface area contributed by atoms with Crippen LogP contribution in [0, 0.1) is 5.92 Å². The number of ketones is 1. The largest absolute Gasteiger partial charge is 0.345 e. The second-order valence-electron chi connectivity index (χ2n) is 4.00. The van der Waals surface area contributed by atoms with Crippen molar-refractivity contribution in [3.8, 4) is 0 Å². The Bertz CT molecular complexity index is 301. The lowest BCUT2D eigenvalue weighted by Crippen LogP contribution is -2.11. The summed E-state index contributed by atoms with van der Waals surface area (Å²) in [6.45, 7) is 7.00. The molecule has 0 amide bonds. The van der Waals surface area contributed by atoms with Gasteiger partial charge in [-0.25, -0.2) is 0 Å². The lowest BCUT2D eigenvalue weighted by Gasteiger charge is -2.13. The minimum atomic E-state index is 0.152. The molecule has 0 bridgehead atoms. The Hall–Kier alpha value is -1.05. The van der Waals surface area contributed by atoms with Crippen LogP contribution in [-0.4, -0.2) is 10.4 Å². The monoisotopic (exact) mass is 193 g/mol. The molecule has 1 aromatic rings. The number of hydrogen-bond acceptors (Lipinski definition) is 1. The molecule has 1 aromatic heterocycles. The van der Waals surface area contributed by atoms with Gasteiger partial charge in [0.2, 0.25) is 0 Å². The fourth-order valence-corrected chi connectivity index (χ4v) is 1.81. The topological polar surface area (TPSA) is 22.0 Å². The average molecular weight is 193 g/mol. The van der Waals surface area contributed by atoms with Gasteiger partial charge in [-0.1, -0.05) is 20.3 Å². The maximum atomic E-state index is 11.2. The second kappa shape index (κ2) is 4.99. The zero-order valence-corrected chi connectivity index (χ0v) is 9.29. The molecule has 0 saturated carbocycles. The fraction of sp³-hybridized carbons (Fsp3) is 0.583. The van der Waals surface area contributed by atoms with Gasteiger partial charge in [0, 0.05) is 19.7 Å². The Morgan fingerprint density at radius 1 is 1.57 bits per heavy atom. The van der Waals surface area contributed by atoms with Gasteiger partial charge in [0.25, 0.3) is 0 Å². The summed E-state index contributed by atoms with van der Waals surface area (Å²) in [6.07, 6.45) is 4.41. The number of rotatable bonds is 5. The van der Waals surface area contributed by atoms with Gasteiger partial charge in [-0.05, 0) is 24.5 Å². The van der Waals surface area contributed by atoms with E-state index in [0.717, 1.165) is 12.2 Å². The molecule has 1 heterocycles. The SMILES string of the molecule is CCCC(C)Cn1cccc1C(C)=O. The molecule has 0 aliphatic heterocycles. The molecule has 2 nitrogen and oxygen atoms in total. The normalized spacial score (nSPS) is 12.8. The molecule has 78 valence electrons. The van der Waals surface area contributed by atoms with E-state index in [-0.39, 0.29) is 5.78 Å². The van der Waals surface area contributed by atoms with Crippen LogP contribution in [-0.2, 0) is 6.54 Å². The summed E-state index contributed by atoms with van der Waals surface area (Å²) in [5, 5.41) is 0. The summed E-state index contributed by atoms with van der Waals surface area (Å²) < 4.78 is 2.06. The van der Waals surface area contributed by atoms with Crippen molar-refractivity contribution in [1.82, 2.24) is 4.57 Å². The van der Waals surface area contributed by atoms with Gasteiger partial charge in [-0.2, -0.15) is 0 Å². The molecule has 2 heteroatoms. The van der Waals surface area contributed by atoms with Crippen LogP contribution in [0.5, 0.6) is 0 Å². The van der Waals surface area contributed by atoms with Gasteiger partial charge in [0.05, 0.1) is 5.69 Å². The van der Waals surface area contributed by atoms with Gasteiger partial charge in [0.1, 0.15) is 0 Å². The van der Waals surface area contributed by atoms with Gasteiger partial charge >= 0.3 is 0 Å². The Labute approximate surface area is 85.9 Å². The van der Waals surface area contributed by atoms with Crippen molar-refractivity contribution in [3.63, 3.8) is 0 Å². The maximum Gasteiger partial charge on any atom is 0.176 e. The molecule has 0 fully saturated rings. The Morgan fingerprint density at radius 2 is 2.29 bits per heavy atom. The maximum absolute atomic E-state index is 11.2. The lowest BCUT2D eigenvalue weighted by atomic mass is 10.1. The van der Waals surface area contributed by atoms with Crippen LogP contribution in [0.1, 0.15) is 44.1 Å². The number of carbonyl (C=O) groups excluding carboxylic acids is 1. The van der Waals surface area contributed by atoms with Crippen LogP contribution in [0.2, 0.25) is 0 Å². The highest BCUT2D eigenvalue weighted by Gasteiger charge is 2.08. The molecule has 0 radical (unpaired) electrons. The lowest BCUT2D eigenvalue weighted by molar-refractivity contribution is 0.100. The van der Waals surface area contributed by atoms with E-state index in [1.54, 1.807) is 6.92 Å². The highest BCUT2D eigenvalue weighted by atomic mass is 16.1. The quantitative estimate of drug-likeness (QED) is 0.658.